The van der Waals surface area contributed by atoms with Crippen molar-refractivity contribution in [2.75, 3.05) is 20.1 Å². The SMILES string of the molecule is CC(C)N(C)CC(=O)NC(C)(C)CN. The molecular formula is C10H23N3O. The molecule has 0 unspecified atom stereocenters. The van der Waals surface area contributed by atoms with Crippen LogP contribution in [0.3, 0.4) is 0 Å². The molecule has 0 heterocycles. The van der Waals surface area contributed by atoms with E-state index in [1.54, 1.807) is 0 Å². The second kappa shape index (κ2) is 5.32. The summed E-state index contributed by atoms with van der Waals surface area (Å²) < 4.78 is 0. The predicted octanol–water partition coefficient (Wildman–Crippen LogP) is 0.180. The predicted molar refractivity (Wildman–Crippen MR) is 59.0 cm³/mol. The van der Waals surface area contributed by atoms with Gasteiger partial charge in [0.25, 0.3) is 0 Å². The highest BCUT2D eigenvalue weighted by molar-refractivity contribution is 5.78. The molecule has 0 aliphatic carbocycles. The minimum absolute atomic E-state index is 0.0247. The molecule has 1 amide bonds. The van der Waals surface area contributed by atoms with Crippen LogP contribution in [0, 0.1) is 0 Å². The maximum atomic E-state index is 11.5. The Labute approximate surface area is 86.8 Å². The van der Waals surface area contributed by atoms with Gasteiger partial charge in [0.2, 0.25) is 5.91 Å². The standard InChI is InChI=1S/C10H23N3O/c1-8(2)13(5)6-9(14)12-10(3,4)7-11/h8H,6-7,11H2,1-5H3,(H,12,14). The number of hydrogen-bond donors (Lipinski definition) is 2. The summed E-state index contributed by atoms with van der Waals surface area (Å²) in [7, 11) is 1.93. The quantitative estimate of drug-likeness (QED) is 0.667. The van der Waals surface area contributed by atoms with Crippen LogP contribution >= 0.6 is 0 Å². The molecule has 84 valence electrons. The molecule has 0 atom stereocenters. The van der Waals surface area contributed by atoms with E-state index in [0.29, 0.717) is 19.1 Å². The molecule has 0 aromatic carbocycles. The molecule has 0 aliphatic heterocycles. The molecule has 0 rings (SSSR count). The number of rotatable bonds is 5. The summed E-state index contributed by atoms with van der Waals surface area (Å²) in [5, 5.41) is 2.89. The van der Waals surface area contributed by atoms with Gasteiger partial charge in [-0.2, -0.15) is 0 Å². The Morgan fingerprint density at radius 2 is 2.00 bits per heavy atom. The number of nitrogens with one attached hydrogen (secondary N) is 1. The highest BCUT2D eigenvalue weighted by Crippen LogP contribution is 1.99. The normalized spacial score (nSPS) is 12.3. The minimum Gasteiger partial charge on any atom is -0.349 e. The molecule has 0 fully saturated rings. The van der Waals surface area contributed by atoms with Gasteiger partial charge < -0.3 is 11.1 Å². The van der Waals surface area contributed by atoms with Gasteiger partial charge >= 0.3 is 0 Å². The van der Waals surface area contributed by atoms with Crippen molar-refractivity contribution < 1.29 is 4.79 Å². The van der Waals surface area contributed by atoms with E-state index < -0.39 is 0 Å². The average molecular weight is 201 g/mol. The van der Waals surface area contributed by atoms with Gasteiger partial charge in [-0.3, -0.25) is 9.69 Å². The van der Waals surface area contributed by atoms with Crippen molar-refractivity contribution in [3.8, 4) is 0 Å². The van der Waals surface area contributed by atoms with Gasteiger partial charge in [0, 0.05) is 18.1 Å². The topological polar surface area (TPSA) is 58.4 Å². The average Bonchev–Trinajstić information content (AvgIpc) is 2.02. The Hall–Kier alpha value is -0.610. The molecule has 0 radical (unpaired) electrons. The maximum absolute atomic E-state index is 11.5. The Morgan fingerprint density at radius 1 is 1.50 bits per heavy atom. The number of amides is 1. The summed E-state index contributed by atoms with van der Waals surface area (Å²) in [5.74, 6) is 0.0247. The summed E-state index contributed by atoms with van der Waals surface area (Å²) in [6.07, 6.45) is 0. The number of nitrogens with zero attached hydrogens (tertiary/aromatic N) is 1. The first-order chi connectivity index (χ1) is 6.28. The van der Waals surface area contributed by atoms with Crippen LogP contribution in [-0.2, 0) is 4.79 Å². The summed E-state index contributed by atoms with van der Waals surface area (Å²) in [6.45, 7) is 8.81. The van der Waals surface area contributed by atoms with E-state index in [2.05, 4.69) is 19.2 Å². The number of carbonyl (C=O) groups is 1. The lowest BCUT2D eigenvalue weighted by molar-refractivity contribution is -0.123. The van der Waals surface area contributed by atoms with Crippen LogP contribution in [0.4, 0.5) is 0 Å². The van der Waals surface area contributed by atoms with E-state index >= 15 is 0 Å². The Kier molecular flexibility index (Phi) is 5.08. The van der Waals surface area contributed by atoms with Crippen molar-refractivity contribution in [3.63, 3.8) is 0 Å². The molecule has 0 aliphatic rings. The number of likely N-dealkylation sites (N-methyl/N-ethyl adjacent to an activating group) is 1. The second-order valence-electron chi connectivity index (χ2n) is 4.65. The van der Waals surface area contributed by atoms with Crippen LogP contribution in [0.15, 0.2) is 0 Å². The monoisotopic (exact) mass is 201 g/mol. The third kappa shape index (κ3) is 5.19. The van der Waals surface area contributed by atoms with Crippen molar-refractivity contribution in [2.24, 2.45) is 5.73 Å². The molecule has 3 N–H and O–H groups in total. The van der Waals surface area contributed by atoms with Crippen molar-refractivity contribution in [3.05, 3.63) is 0 Å². The third-order valence-electron chi connectivity index (χ3n) is 2.26. The lowest BCUT2D eigenvalue weighted by Gasteiger charge is -2.27. The van der Waals surface area contributed by atoms with Gasteiger partial charge in [-0.15, -0.1) is 0 Å². The molecule has 0 spiro atoms. The van der Waals surface area contributed by atoms with Crippen molar-refractivity contribution in [1.29, 1.82) is 0 Å². The van der Waals surface area contributed by atoms with E-state index in [0.717, 1.165) is 0 Å². The second-order valence-corrected chi connectivity index (χ2v) is 4.65. The Morgan fingerprint density at radius 3 is 2.36 bits per heavy atom. The van der Waals surface area contributed by atoms with Gasteiger partial charge in [-0.1, -0.05) is 0 Å². The lowest BCUT2D eigenvalue weighted by Crippen LogP contribution is -2.51. The van der Waals surface area contributed by atoms with Gasteiger partial charge in [-0.25, -0.2) is 0 Å². The fraction of sp³-hybridized carbons (Fsp3) is 0.900. The van der Waals surface area contributed by atoms with E-state index in [1.807, 2.05) is 25.8 Å². The zero-order chi connectivity index (χ0) is 11.4. The summed E-state index contributed by atoms with van der Waals surface area (Å²) in [4.78, 5) is 13.5. The first-order valence-electron chi connectivity index (χ1n) is 5.00. The summed E-state index contributed by atoms with van der Waals surface area (Å²) in [5.41, 5.74) is 5.21. The first kappa shape index (κ1) is 13.4. The fourth-order valence-corrected chi connectivity index (χ4v) is 0.877. The van der Waals surface area contributed by atoms with Gasteiger partial charge in [-0.05, 0) is 34.7 Å². The maximum Gasteiger partial charge on any atom is 0.234 e. The van der Waals surface area contributed by atoms with Crippen LogP contribution < -0.4 is 11.1 Å². The number of nitrogens with two attached hydrogens (primary N) is 1. The zero-order valence-electron chi connectivity index (χ0n) is 9.92. The fourth-order valence-electron chi connectivity index (χ4n) is 0.877. The molecule has 0 saturated carbocycles. The molecule has 0 aromatic rings. The number of carbonyl (C=O) groups excluding carboxylic acids is 1. The van der Waals surface area contributed by atoms with Crippen LogP contribution in [0.1, 0.15) is 27.7 Å². The summed E-state index contributed by atoms with van der Waals surface area (Å²) in [6, 6.07) is 0.377. The molecular weight excluding hydrogens is 178 g/mol. The van der Waals surface area contributed by atoms with Gasteiger partial charge in [0.15, 0.2) is 0 Å². The van der Waals surface area contributed by atoms with Crippen molar-refractivity contribution in [2.45, 2.75) is 39.3 Å². The van der Waals surface area contributed by atoms with E-state index in [9.17, 15) is 4.79 Å². The lowest BCUT2D eigenvalue weighted by atomic mass is 10.1. The first-order valence-corrected chi connectivity index (χ1v) is 5.00. The smallest absolute Gasteiger partial charge is 0.234 e. The van der Waals surface area contributed by atoms with Crippen LogP contribution in [-0.4, -0.2) is 42.5 Å². The van der Waals surface area contributed by atoms with E-state index in [1.165, 1.54) is 0 Å². The van der Waals surface area contributed by atoms with Gasteiger partial charge in [0.05, 0.1) is 6.54 Å². The third-order valence-corrected chi connectivity index (χ3v) is 2.26. The van der Waals surface area contributed by atoms with Crippen LogP contribution in [0.2, 0.25) is 0 Å². The molecule has 0 bridgehead atoms. The van der Waals surface area contributed by atoms with Crippen molar-refractivity contribution in [1.82, 2.24) is 10.2 Å². The van der Waals surface area contributed by atoms with Crippen LogP contribution in [0.25, 0.3) is 0 Å². The molecule has 4 nitrogen and oxygen atoms in total. The highest BCUT2D eigenvalue weighted by Gasteiger charge is 2.19. The zero-order valence-corrected chi connectivity index (χ0v) is 9.92. The molecule has 0 saturated heterocycles. The van der Waals surface area contributed by atoms with E-state index in [-0.39, 0.29) is 11.4 Å². The van der Waals surface area contributed by atoms with Gasteiger partial charge in [0.1, 0.15) is 0 Å². The highest BCUT2D eigenvalue weighted by atomic mass is 16.2. The van der Waals surface area contributed by atoms with E-state index in [4.69, 9.17) is 5.73 Å². The van der Waals surface area contributed by atoms with Crippen molar-refractivity contribution >= 4 is 5.91 Å². The molecule has 14 heavy (non-hydrogen) atoms. The molecule has 4 heteroatoms. The Balaban J connectivity index is 3.99. The Bertz CT molecular complexity index is 190. The van der Waals surface area contributed by atoms with Crippen LogP contribution in [0.5, 0.6) is 0 Å². The molecule has 0 aromatic heterocycles. The largest absolute Gasteiger partial charge is 0.349 e. The minimum atomic E-state index is -0.311. The number of hydrogen-bond acceptors (Lipinski definition) is 3. The summed E-state index contributed by atoms with van der Waals surface area (Å²) >= 11 is 0.